The van der Waals surface area contributed by atoms with Crippen LogP contribution in [0.25, 0.3) is 5.65 Å². The highest BCUT2D eigenvalue weighted by atomic mass is 15.3. The van der Waals surface area contributed by atoms with E-state index in [1.807, 2.05) is 28.9 Å². The van der Waals surface area contributed by atoms with E-state index in [0.29, 0.717) is 6.04 Å². The number of rotatable bonds is 4. The molecule has 17 heavy (non-hydrogen) atoms. The van der Waals surface area contributed by atoms with Gasteiger partial charge in [-0.25, -0.2) is 4.52 Å². The fourth-order valence-corrected chi connectivity index (χ4v) is 2.57. The largest absolute Gasteiger partial charge is 0.350 e. The molecule has 0 amide bonds. The minimum atomic E-state index is 0.618. The molecule has 0 aliphatic heterocycles. The lowest BCUT2D eigenvalue weighted by Gasteiger charge is -2.15. The summed E-state index contributed by atoms with van der Waals surface area (Å²) in [7, 11) is 0. The van der Waals surface area contributed by atoms with Crippen LogP contribution in [-0.2, 0) is 0 Å². The maximum Gasteiger partial charge on any atom is 0.243 e. The summed E-state index contributed by atoms with van der Waals surface area (Å²) in [5.74, 6) is 2.53. The number of fused-ring (bicyclic) bond motifs is 1. The number of aromatic nitrogens is 3. The van der Waals surface area contributed by atoms with Gasteiger partial charge in [0.05, 0.1) is 0 Å². The Kier molecular flexibility index (Phi) is 1.92. The molecule has 2 fully saturated rings. The second-order valence-corrected chi connectivity index (χ2v) is 5.28. The van der Waals surface area contributed by atoms with Crippen molar-refractivity contribution in [3.05, 3.63) is 24.4 Å². The summed E-state index contributed by atoms with van der Waals surface area (Å²) >= 11 is 0. The Bertz CT molecular complexity index is 494. The van der Waals surface area contributed by atoms with Gasteiger partial charge in [-0.3, -0.25) is 0 Å². The molecule has 2 aromatic rings. The molecular formula is C13H16N4. The molecule has 0 unspecified atom stereocenters. The van der Waals surface area contributed by atoms with E-state index in [4.69, 9.17) is 0 Å². The first kappa shape index (κ1) is 9.45. The molecule has 88 valence electrons. The van der Waals surface area contributed by atoms with Gasteiger partial charge < -0.3 is 5.32 Å². The predicted octanol–water partition coefficient (Wildman–Crippen LogP) is 2.33. The molecule has 2 aromatic heterocycles. The average molecular weight is 228 g/mol. The molecule has 0 saturated heterocycles. The van der Waals surface area contributed by atoms with Gasteiger partial charge in [0, 0.05) is 12.2 Å². The summed E-state index contributed by atoms with van der Waals surface area (Å²) in [5, 5.41) is 8.02. The molecule has 2 aliphatic carbocycles. The molecule has 4 heteroatoms. The third-order valence-corrected chi connectivity index (χ3v) is 3.80. The Labute approximate surface area is 100 Å². The van der Waals surface area contributed by atoms with Gasteiger partial charge in [-0.1, -0.05) is 6.07 Å². The summed E-state index contributed by atoms with van der Waals surface area (Å²) in [4.78, 5) is 4.51. The first-order chi connectivity index (χ1) is 8.40. The van der Waals surface area contributed by atoms with Crippen LogP contribution in [-0.4, -0.2) is 20.6 Å². The number of anilines is 1. The number of nitrogens with one attached hydrogen (secondary N) is 1. The van der Waals surface area contributed by atoms with Crippen LogP contribution >= 0.6 is 0 Å². The van der Waals surface area contributed by atoms with E-state index in [0.717, 1.165) is 23.4 Å². The topological polar surface area (TPSA) is 42.2 Å². The molecule has 2 aliphatic rings. The van der Waals surface area contributed by atoms with Crippen LogP contribution in [0.1, 0.15) is 25.7 Å². The quantitative estimate of drug-likeness (QED) is 0.873. The van der Waals surface area contributed by atoms with Crippen molar-refractivity contribution in [2.45, 2.75) is 31.7 Å². The van der Waals surface area contributed by atoms with Gasteiger partial charge in [-0.05, 0) is 49.7 Å². The molecule has 0 bridgehead atoms. The van der Waals surface area contributed by atoms with E-state index in [-0.39, 0.29) is 0 Å². The minimum Gasteiger partial charge on any atom is -0.350 e. The first-order valence-corrected chi connectivity index (χ1v) is 6.48. The van der Waals surface area contributed by atoms with Crippen molar-refractivity contribution in [1.82, 2.24) is 14.6 Å². The van der Waals surface area contributed by atoms with Crippen molar-refractivity contribution < 1.29 is 0 Å². The molecule has 0 radical (unpaired) electrons. The smallest absolute Gasteiger partial charge is 0.243 e. The second kappa shape index (κ2) is 3.45. The standard InChI is InChI=1S/C13H16N4/c1-2-8-17-11(3-1)14-13(16-17)15-12(9-4-5-9)10-6-7-10/h1-3,8-10,12H,4-7H2,(H,15,16). The fourth-order valence-electron chi connectivity index (χ4n) is 2.57. The van der Waals surface area contributed by atoms with Crippen molar-refractivity contribution in [2.75, 3.05) is 5.32 Å². The third kappa shape index (κ3) is 1.77. The Morgan fingerprint density at radius 3 is 2.59 bits per heavy atom. The third-order valence-electron chi connectivity index (χ3n) is 3.80. The average Bonchev–Trinajstić information content (AvgIpc) is 3.22. The predicted molar refractivity (Wildman–Crippen MR) is 65.8 cm³/mol. The van der Waals surface area contributed by atoms with E-state index < -0.39 is 0 Å². The summed E-state index contributed by atoms with van der Waals surface area (Å²) in [6.45, 7) is 0. The van der Waals surface area contributed by atoms with Crippen LogP contribution in [0.5, 0.6) is 0 Å². The van der Waals surface area contributed by atoms with Crippen LogP contribution in [0.15, 0.2) is 24.4 Å². The van der Waals surface area contributed by atoms with E-state index in [1.54, 1.807) is 0 Å². The van der Waals surface area contributed by atoms with E-state index in [1.165, 1.54) is 25.7 Å². The molecule has 4 rings (SSSR count). The highest BCUT2D eigenvalue weighted by molar-refractivity contribution is 5.43. The summed E-state index contributed by atoms with van der Waals surface area (Å²) < 4.78 is 1.83. The van der Waals surface area contributed by atoms with Gasteiger partial charge in [0.15, 0.2) is 5.65 Å². The SMILES string of the molecule is c1ccn2nc(NC(C3CC3)C3CC3)nc2c1. The summed E-state index contributed by atoms with van der Waals surface area (Å²) in [6.07, 6.45) is 7.45. The molecule has 0 aromatic carbocycles. The Hall–Kier alpha value is -1.58. The summed E-state index contributed by atoms with van der Waals surface area (Å²) in [5.41, 5.74) is 0.917. The highest BCUT2D eigenvalue weighted by Crippen LogP contribution is 2.45. The lowest BCUT2D eigenvalue weighted by atomic mass is 10.1. The lowest BCUT2D eigenvalue weighted by molar-refractivity contribution is 0.563. The Morgan fingerprint density at radius 1 is 1.18 bits per heavy atom. The molecule has 0 spiro atoms. The van der Waals surface area contributed by atoms with Gasteiger partial charge in [0.25, 0.3) is 0 Å². The zero-order valence-corrected chi connectivity index (χ0v) is 9.71. The first-order valence-electron chi connectivity index (χ1n) is 6.48. The lowest BCUT2D eigenvalue weighted by Crippen LogP contribution is -2.24. The maximum absolute atomic E-state index is 4.51. The molecule has 2 heterocycles. The Morgan fingerprint density at radius 2 is 1.94 bits per heavy atom. The van der Waals surface area contributed by atoms with Crippen LogP contribution in [0.3, 0.4) is 0 Å². The monoisotopic (exact) mass is 228 g/mol. The van der Waals surface area contributed by atoms with Crippen molar-refractivity contribution in [1.29, 1.82) is 0 Å². The summed E-state index contributed by atoms with van der Waals surface area (Å²) in [6, 6.07) is 6.58. The fraction of sp³-hybridized carbons (Fsp3) is 0.538. The van der Waals surface area contributed by atoms with Crippen molar-refractivity contribution in [3.8, 4) is 0 Å². The number of hydrogen-bond donors (Lipinski definition) is 1. The molecule has 2 saturated carbocycles. The van der Waals surface area contributed by atoms with Gasteiger partial charge in [0.1, 0.15) is 0 Å². The minimum absolute atomic E-state index is 0.618. The van der Waals surface area contributed by atoms with E-state index >= 15 is 0 Å². The highest BCUT2D eigenvalue weighted by Gasteiger charge is 2.41. The number of pyridine rings is 1. The zero-order chi connectivity index (χ0) is 11.2. The second-order valence-electron chi connectivity index (χ2n) is 5.28. The Balaban J connectivity index is 1.60. The normalized spacial score (nSPS) is 20.1. The van der Waals surface area contributed by atoms with Crippen LogP contribution in [0.2, 0.25) is 0 Å². The van der Waals surface area contributed by atoms with Crippen LogP contribution < -0.4 is 5.32 Å². The molecule has 1 N–H and O–H groups in total. The van der Waals surface area contributed by atoms with Gasteiger partial charge in [-0.15, -0.1) is 5.10 Å². The van der Waals surface area contributed by atoms with E-state index in [9.17, 15) is 0 Å². The molecular weight excluding hydrogens is 212 g/mol. The van der Waals surface area contributed by atoms with Gasteiger partial charge in [0.2, 0.25) is 5.95 Å². The van der Waals surface area contributed by atoms with E-state index in [2.05, 4.69) is 15.4 Å². The zero-order valence-electron chi connectivity index (χ0n) is 9.71. The van der Waals surface area contributed by atoms with Crippen molar-refractivity contribution >= 4 is 11.6 Å². The van der Waals surface area contributed by atoms with Crippen molar-refractivity contribution in [3.63, 3.8) is 0 Å². The number of nitrogens with zero attached hydrogens (tertiary/aromatic N) is 3. The number of hydrogen-bond acceptors (Lipinski definition) is 3. The molecule has 0 atom stereocenters. The maximum atomic E-state index is 4.51. The van der Waals surface area contributed by atoms with Crippen molar-refractivity contribution in [2.24, 2.45) is 11.8 Å². The van der Waals surface area contributed by atoms with Crippen LogP contribution in [0.4, 0.5) is 5.95 Å². The van der Waals surface area contributed by atoms with Gasteiger partial charge >= 0.3 is 0 Å². The van der Waals surface area contributed by atoms with Crippen LogP contribution in [0, 0.1) is 11.8 Å². The van der Waals surface area contributed by atoms with Gasteiger partial charge in [-0.2, -0.15) is 4.98 Å². The molecule has 4 nitrogen and oxygen atoms in total.